The van der Waals surface area contributed by atoms with E-state index < -0.39 is 5.91 Å². The molecule has 1 aromatic heterocycles. The minimum atomic E-state index is -0.415. The van der Waals surface area contributed by atoms with Crippen molar-refractivity contribution in [2.45, 2.75) is 19.8 Å². The number of amides is 1. The van der Waals surface area contributed by atoms with Crippen LogP contribution in [-0.4, -0.2) is 16.9 Å². The number of nitrogens with zero attached hydrogens (tertiary/aromatic N) is 1. The molecule has 0 saturated carbocycles. The van der Waals surface area contributed by atoms with E-state index in [2.05, 4.69) is 17.1 Å². The molecule has 0 aliphatic rings. The van der Waals surface area contributed by atoms with Crippen LogP contribution >= 0.6 is 23.2 Å². The summed E-state index contributed by atoms with van der Waals surface area (Å²) in [5.74, 6) is 0.470. The molecule has 0 radical (unpaired) electrons. The number of hydrogen-bond acceptors (Lipinski definition) is 3. The molecule has 0 bridgehead atoms. The zero-order valence-corrected chi connectivity index (χ0v) is 11.7. The lowest BCUT2D eigenvalue weighted by Gasteiger charge is -2.05. The number of aromatic nitrogens is 1. The molecule has 1 amide bonds. The van der Waals surface area contributed by atoms with Gasteiger partial charge >= 0.3 is 0 Å². The average Bonchev–Trinajstić information content (AvgIpc) is 2.84. The predicted octanol–water partition coefficient (Wildman–Crippen LogP) is 3.40. The molecule has 0 aliphatic carbocycles. The summed E-state index contributed by atoms with van der Waals surface area (Å²) >= 11 is 11.5. The van der Waals surface area contributed by atoms with Crippen LogP contribution in [0, 0.1) is 0 Å². The van der Waals surface area contributed by atoms with Crippen molar-refractivity contribution in [1.82, 2.24) is 10.5 Å². The number of halogens is 2. The lowest BCUT2D eigenvalue weighted by atomic mass is 10.1. The second kappa shape index (κ2) is 6.61. The zero-order valence-electron chi connectivity index (χ0n) is 10.2. The Morgan fingerprint density at radius 1 is 1.67 bits per heavy atom. The van der Waals surface area contributed by atoms with Gasteiger partial charge in [0.25, 0.3) is 5.91 Å². The number of alkyl halides is 1. The van der Waals surface area contributed by atoms with Crippen molar-refractivity contribution < 1.29 is 9.32 Å². The Kier molecular flexibility index (Phi) is 5.44. The van der Waals surface area contributed by atoms with Gasteiger partial charge in [-0.15, -0.1) is 11.6 Å². The number of allylic oxidation sites excluding steroid dienone is 3. The van der Waals surface area contributed by atoms with Gasteiger partial charge in [0, 0.05) is 12.0 Å². The smallest absolute Gasteiger partial charge is 0.277 e. The Morgan fingerprint density at radius 2 is 2.33 bits per heavy atom. The van der Waals surface area contributed by atoms with E-state index in [1.165, 1.54) is 6.08 Å². The SMILES string of the molecule is C=CC(Cl)=C(CCl)NC(=O)c1cc(C(C)C)on1. The van der Waals surface area contributed by atoms with Crippen LogP contribution in [0.1, 0.15) is 36.0 Å². The Bertz CT molecular complexity index is 478. The Morgan fingerprint density at radius 3 is 2.78 bits per heavy atom. The van der Waals surface area contributed by atoms with Gasteiger partial charge in [0.15, 0.2) is 5.69 Å². The van der Waals surface area contributed by atoms with Gasteiger partial charge in [0.1, 0.15) is 5.76 Å². The van der Waals surface area contributed by atoms with Crippen molar-refractivity contribution >= 4 is 29.1 Å². The molecule has 0 spiro atoms. The molecule has 6 heteroatoms. The Labute approximate surface area is 116 Å². The van der Waals surface area contributed by atoms with Crippen LogP contribution in [0.4, 0.5) is 0 Å². The molecule has 98 valence electrons. The fourth-order valence-electron chi connectivity index (χ4n) is 1.15. The van der Waals surface area contributed by atoms with E-state index in [4.69, 9.17) is 27.7 Å². The molecule has 0 aromatic carbocycles. The van der Waals surface area contributed by atoms with Crippen molar-refractivity contribution in [2.24, 2.45) is 0 Å². The maximum atomic E-state index is 11.9. The monoisotopic (exact) mass is 288 g/mol. The molecule has 0 atom stereocenters. The second-order valence-electron chi connectivity index (χ2n) is 3.89. The molecule has 0 aliphatic heterocycles. The number of hydrogen-bond donors (Lipinski definition) is 1. The number of carbonyl (C=O) groups is 1. The summed E-state index contributed by atoms with van der Waals surface area (Å²) in [5.41, 5.74) is 0.572. The Hall–Kier alpha value is -1.26. The molecule has 1 heterocycles. The van der Waals surface area contributed by atoms with Crippen molar-refractivity contribution in [1.29, 1.82) is 0 Å². The molecule has 1 rings (SSSR count). The van der Waals surface area contributed by atoms with Crippen LogP contribution in [0.25, 0.3) is 0 Å². The summed E-state index contributed by atoms with van der Waals surface area (Å²) in [6.07, 6.45) is 1.40. The minimum absolute atomic E-state index is 0.0749. The molecule has 4 nitrogen and oxygen atoms in total. The second-order valence-corrected chi connectivity index (χ2v) is 4.56. The first-order chi connectivity index (χ1) is 8.49. The first-order valence-corrected chi connectivity index (χ1v) is 6.25. The van der Waals surface area contributed by atoms with E-state index in [1.54, 1.807) is 6.07 Å². The largest absolute Gasteiger partial charge is 0.360 e. The topological polar surface area (TPSA) is 55.1 Å². The summed E-state index contributed by atoms with van der Waals surface area (Å²) in [6, 6.07) is 1.59. The molecular formula is C12H14Cl2N2O2. The van der Waals surface area contributed by atoms with Gasteiger partial charge in [-0.25, -0.2) is 0 Å². The van der Waals surface area contributed by atoms with E-state index in [9.17, 15) is 4.79 Å². The summed E-state index contributed by atoms with van der Waals surface area (Å²) in [7, 11) is 0. The average molecular weight is 289 g/mol. The standard InChI is InChI=1S/C12H14Cl2N2O2/c1-4-8(14)10(6-13)15-12(17)9-5-11(7(2)3)18-16-9/h4-5,7H,1,6H2,2-3H3,(H,15,17). The summed E-state index contributed by atoms with van der Waals surface area (Å²) in [5, 5.41) is 6.55. The fraction of sp³-hybridized carbons (Fsp3) is 0.333. The van der Waals surface area contributed by atoms with Crippen LogP contribution in [0.2, 0.25) is 0 Å². The van der Waals surface area contributed by atoms with Crippen LogP contribution in [0.3, 0.4) is 0 Å². The van der Waals surface area contributed by atoms with Gasteiger partial charge in [0.05, 0.1) is 16.6 Å². The maximum Gasteiger partial charge on any atom is 0.277 e. The lowest BCUT2D eigenvalue weighted by molar-refractivity contribution is 0.0957. The quantitative estimate of drug-likeness (QED) is 0.667. The first-order valence-electron chi connectivity index (χ1n) is 5.34. The fourth-order valence-corrected chi connectivity index (χ4v) is 1.54. The molecule has 1 N–H and O–H groups in total. The van der Waals surface area contributed by atoms with Crippen LogP contribution in [0.15, 0.2) is 34.0 Å². The van der Waals surface area contributed by atoms with Gasteiger partial charge < -0.3 is 9.84 Å². The predicted molar refractivity (Wildman–Crippen MR) is 71.9 cm³/mol. The summed E-state index contributed by atoms with van der Waals surface area (Å²) in [4.78, 5) is 11.9. The summed E-state index contributed by atoms with van der Waals surface area (Å²) < 4.78 is 5.04. The third-order valence-electron chi connectivity index (χ3n) is 2.20. The molecule has 0 fully saturated rings. The van der Waals surface area contributed by atoms with Gasteiger partial charge in [-0.2, -0.15) is 0 Å². The highest BCUT2D eigenvalue weighted by molar-refractivity contribution is 6.32. The molecule has 1 aromatic rings. The highest BCUT2D eigenvalue weighted by atomic mass is 35.5. The van der Waals surface area contributed by atoms with E-state index in [0.29, 0.717) is 16.5 Å². The third-order valence-corrected chi connectivity index (χ3v) is 2.85. The first kappa shape index (κ1) is 14.8. The van der Waals surface area contributed by atoms with Gasteiger partial charge in [0.2, 0.25) is 0 Å². The normalized spacial score (nSPS) is 12.3. The van der Waals surface area contributed by atoms with Crippen molar-refractivity contribution in [3.05, 3.63) is 40.9 Å². The maximum absolute atomic E-state index is 11.9. The van der Waals surface area contributed by atoms with Crippen molar-refractivity contribution in [2.75, 3.05) is 5.88 Å². The van der Waals surface area contributed by atoms with Gasteiger partial charge in [-0.05, 0) is 6.08 Å². The molecule has 0 saturated heterocycles. The lowest BCUT2D eigenvalue weighted by Crippen LogP contribution is -2.24. The van der Waals surface area contributed by atoms with E-state index in [-0.39, 0.29) is 17.5 Å². The van der Waals surface area contributed by atoms with E-state index >= 15 is 0 Å². The third kappa shape index (κ3) is 3.62. The summed E-state index contributed by atoms with van der Waals surface area (Å²) in [6.45, 7) is 7.39. The Balaban J connectivity index is 2.84. The van der Waals surface area contributed by atoms with Gasteiger partial charge in [-0.3, -0.25) is 4.79 Å². The number of carbonyl (C=O) groups excluding carboxylic acids is 1. The van der Waals surface area contributed by atoms with Crippen LogP contribution in [-0.2, 0) is 0 Å². The van der Waals surface area contributed by atoms with Gasteiger partial charge in [-0.1, -0.05) is 37.2 Å². The molecular weight excluding hydrogens is 275 g/mol. The van der Waals surface area contributed by atoms with Crippen molar-refractivity contribution in [3.8, 4) is 0 Å². The van der Waals surface area contributed by atoms with Crippen LogP contribution in [0.5, 0.6) is 0 Å². The number of rotatable bonds is 5. The zero-order chi connectivity index (χ0) is 13.7. The van der Waals surface area contributed by atoms with Crippen molar-refractivity contribution in [3.63, 3.8) is 0 Å². The highest BCUT2D eigenvalue weighted by Gasteiger charge is 2.16. The highest BCUT2D eigenvalue weighted by Crippen LogP contribution is 2.16. The minimum Gasteiger partial charge on any atom is -0.360 e. The van der Waals surface area contributed by atoms with Crippen LogP contribution < -0.4 is 5.32 Å². The number of nitrogens with one attached hydrogen (secondary N) is 1. The molecule has 18 heavy (non-hydrogen) atoms. The van der Waals surface area contributed by atoms with E-state index in [0.717, 1.165) is 0 Å². The van der Waals surface area contributed by atoms with E-state index in [1.807, 2.05) is 13.8 Å². The molecule has 0 unspecified atom stereocenters.